The maximum atomic E-state index is 13.0. The number of ether oxygens (including phenoxy) is 1. The molecule has 0 aromatic heterocycles. The highest BCUT2D eigenvalue weighted by Crippen LogP contribution is 2.18. The molecule has 2 rings (SSSR count). The third kappa shape index (κ3) is 5.33. The lowest BCUT2D eigenvalue weighted by Gasteiger charge is -2.08. The van der Waals surface area contributed by atoms with E-state index in [2.05, 4.69) is 21.2 Å². The Hall–Kier alpha value is -1.92. The molecule has 4 nitrogen and oxygen atoms in total. The number of carbonyl (C=O) groups is 2. The second kappa shape index (κ2) is 8.08. The minimum atomic E-state index is -0.710. The summed E-state index contributed by atoms with van der Waals surface area (Å²) in [4.78, 5) is 23.5. The van der Waals surface area contributed by atoms with Gasteiger partial charge in [-0.05, 0) is 51.8 Å². The monoisotopic (exact) mass is 399 g/mol. The van der Waals surface area contributed by atoms with E-state index in [-0.39, 0.29) is 10.0 Å². The number of nitrogens with one attached hydrogen (secondary N) is 1. The van der Waals surface area contributed by atoms with Crippen molar-refractivity contribution in [3.05, 3.63) is 68.9 Å². The number of amides is 1. The second-order valence-electron chi connectivity index (χ2n) is 4.60. The van der Waals surface area contributed by atoms with Gasteiger partial charge in [0.05, 0.1) is 5.56 Å². The van der Waals surface area contributed by atoms with Crippen molar-refractivity contribution in [2.24, 2.45) is 0 Å². The van der Waals surface area contributed by atoms with Gasteiger partial charge < -0.3 is 10.1 Å². The Kier molecular flexibility index (Phi) is 6.12. The van der Waals surface area contributed by atoms with Crippen LogP contribution < -0.4 is 5.32 Å². The van der Waals surface area contributed by atoms with Gasteiger partial charge in [-0.25, -0.2) is 9.18 Å². The Balaban J connectivity index is 1.81. The summed E-state index contributed by atoms with van der Waals surface area (Å²) < 4.78 is 18.1. The average molecular weight is 401 g/mol. The maximum absolute atomic E-state index is 13.0. The average Bonchev–Trinajstić information content (AvgIpc) is 2.52. The van der Waals surface area contributed by atoms with Gasteiger partial charge in [-0.2, -0.15) is 0 Å². The van der Waals surface area contributed by atoms with Crippen molar-refractivity contribution in [3.8, 4) is 0 Å². The van der Waals surface area contributed by atoms with E-state index in [1.165, 1.54) is 6.07 Å². The van der Waals surface area contributed by atoms with Crippen molar-refractivity contribution in [2.45, 2.75) is 6.54 Å². The lowest BCUT2D eigenvalue weighted by molar-refractivity contribution is -0.124. The van der Waals surface area contributed by atoms with E-state index in [9.17, 15) is 14.0 Å². The van der Waals surface area contributed by atoms with E-state index < -0.39 is 24.3 Å². The first kappa shape index (κ1) is 17.4. The van der Waals surface area contributed by atoms with Crippen LogP contribution in [0, 0.1) is 5.82 Å². The Morgan fingerprint density at radius 1 is 1.17 bits per heavy atom. The number of rotatable bonds is 5. The molecule has 1 N–H and O–H groups in total. The topological polar surface area (TPSA) is 55.4 Å². The van der Waals surface area contributed by atoms with Gasteiger partial charge in [0.2, 0.25) is 0 Å². The zero-order valence-corrected chi connectivity index (χ0v) is 14.2. The number of esters is 1. The minimum Gasteiger partial charge on any atom is -0.452 e. The molecular weight excluding hydrogens is 389 g/mol. The normalized spacial score (nSPS) is 10.2. The molecule has 23 heavy (non-hydrogen) atoms. The largest absolute Gasteiger partial charge is 0.452 e. The van der Waals surface area contributed by atoms with E-state index in [0.717, 1.165) is 17.7 Å². The summed E-state index contributed by atoms with van der Waals surface area (Å²) in [5.74, 6) is -1.63. The van der Waals surface area contributed by atoms with Crippen molar-refractivity contribution in [3.63, 3.8) is 0 Å². The Morgan fingerprint density at radius 3 is 2.52 bits per heavy atom. The van der Waals surface area contributed by atoms with Crippen molar-refractivity contribution in [1.29, 1.82) is 0 Å². The van der Waals surface area contributed by atoms with Crippen LogP contribution in [-0.2, 0) is 16.1 Å². The highest BCUT2D eigenvalue weighted by Gasteiger charge is 2.14. The van der Waals surface area contributed by atoms with Crippen LogP contribution in [0.2, 0.25) is 5.02 Å². The van der Waals surface area contributed by atoms with Gasteiger partial charge in [0.15, 0.2) is 6.61 Å². The predicted molar refractivity (Wildman–Crippen MR) is 87.7 cm³/mol. The van der Waals surface area contributed by atoms with E-state index >= 15 is 0 Å². The van der Waals surface area contributed by atoms with Gasteiger partial charge in [-0.1, -0.05) is 23.7 Å². The first-order valence-corrected chi connectivity index (χ1v) is 7.76. The van der Waals surface area contributed by atoms with E-state index in [4.69, 9.17) is 16.3 Å². The zero-order valence-electron chi connectivity index (χ0n) is 11.8. The quantitative estimate of drug-likeness (QED) is 0.779. The third-order valence-electron chi connectivity index (χ3n) is 2.89. The summed E-state index contributed by atoms with van der Waals surface area (Å²) >= 11 is 8.84. The molecule has 0 aliphatic rings. The van der Waals surface area contributed by atoms with E-state index in [0.29, 0.717) is 11.6 Å². The second-order valence-corrected chi connectivity index (χ2v) is 5.89. The van der Waals surface area contributed by atoms with Crippen molar-refractivity contribution >= 4 is 39.4 Å². The molecule has 2 aromatic carbocycles. The summed E-state index contributed by atoms with van der Waals surface area (Å²) in [5.41, 5.74) is 1.02. The molecule has 120 valence electrons. The molecule has 0 unspecified atom stereocenters. The van der Waals surface area contributed by atoms with Crippen LogP contribution in [0.1, 0.15) is 15.9 Å². The molecule has 7 heteroatoms. The molecule has 0 atom stereocenters. The van der Waals surface area contributed by atoms with Gasteiger partial charge in [0, 0.05) is 16.0 Å². The fraction of sp³-hybridized carbons (Fsp3) is 0.125. The lowest BCUT2D eigenvalue weighted by atomic mass is 10.2. The molecule has 0 saturated carbocycles. The highest BCUT2D eigenvalue weighted by molar-refractivity contribution is 9.10. The molecule has 1 amide bonds. The van der Waals surface area contributed by atoms with Gasteiger partial charge in [0.1, 0.15) is 5.82 Å². The predicted octanol–water partition coefficient (Wildman–Crippen LogP) is 3.71. The zero-order chi connectivity index (χ0) is 16.8. The number of hydrogen-bond donors (Lipinski definition) is 1. The van der Waals surface area contributed by atoms with Crippen LogP contribution in [-0.4, -0.2) is 18.5 Å². The van der Waals surface area contributed by atoms with Gasteiger partial charge in [-0.15, -0.1) is 0 Å². The number of carbonyl (C=O) groups excluding carboxylic acids is 2. The standard InChI is InChI=1S/C16H12BrClFNO3/c17-14-7-12(19)5-6-13(14)16(22)23-9-15(21)20-8-10-1-3-11(18)4-2-10/h1-7H,8-9H2,(H,20,21). The Labute approximate surface area is 145 Å². The summed E-state index contributed by atoms with van der Waals surface area (Å²) in [5, 5.41) is 3.23. The smallest absolute Gasteiger partial charge is 0.339 e. The first-order chi connectivity index (χ1) is 11.0. The Bertz CT molecular complexity index is 722. The number of halogens is 3. The molecule has 0 heterocycles. The lowest BCUT2D eigenvalue weighted by Crippen LogP contribution is -2.28. The molecule has 0 aliphatic heterocycles. The third-order valence-corrected chi connectivity index (χ3v) is 3.80. The van der Waals surface area contributed by atoms with Gasteiger partial charge in [0.25, 0.3) is 5.91 Å². The van der Waals surface area contributed by atoms with Crippen LogP contribution in [0.25, 0.3) is 0 Å². The molecule has 0 aliphatic carbocycles. The first-order valence-electron chi connectivity index (χ1n) is 6.59. The van der Waals surface area contributed by atoms with Gasteiger partial charge >= 0.3 is 5.97 Å². The SMILES string of the molecule is O=C(COC(=O)c1ccc(F)cc1Br)NCc1ccc(Cl)cc1. The van der Waals surface area contributed by atoms with Crippen LogP contribution in [0.15, 0.2) is 46.9 Å². The molecule has 0 saturated heterocycles. The molecule has 0 fully saturated rings. The van der Waals surface area contributed by atoms with Crippen LogP contribution >= 0.6 is 27.5 Å². The molecule has 2 aromatic rings. The van der Waals surface area contributed by atoms with Crippen LogP contribution in [0.3, 0.4) is 0 Å². The van der Waals surface area contributed by atoms with Crippen LogP contribution in [0.4, 0.5) is 4.39 Å². The summed E-state index contributed by atoms with van der Waals surface area (Å²) in [6, 6.07) is 10.6. The van der Waals surface area contributed by atoms with Gasteiger partial charge in [-0.3, -0.25) is 4.79 Å². The van der Waals surface area contributed by atoms with E-state index in [1.54, 1.807) is 24.3 Å². The summed E-state index contributed by atoms with van der Waals surface area (Å²) in [6.45, 7) is -0.121. The fourth-order valence-corrected chi connectivity index (χ4v) is 2.36. The maximum Gasteiger partial charge on any atom is 0.339 e. The number of hydrogen-bond acceptors (Lipinski definition) is 3. The minimum absolute atomic E-state index is 0.150. The summed E-state index contributed by atoms with van der Waals surface area (Å²) in [7, 11) is 0. The van der Waals surface area contributed by atoms with Crippen molar-refractivity contribution in [1.82, 2.24) is 5.32 Å². The molecular formula is C16H12BrClFNO3. The molecule has 0 radical (unpaired) electrons. The highest BCUT2D eigenvalue weighted by atomic mass is 79.9. The van der Waals surface area contributed by atoms with Crippen molar-refractivity contribution < 1.29 is 18.7 Å². The summed E-state index contributed by atoms with van der Waals surface area (Å²) in [6.07, 6.45) is 0. The van der Waals surface area contributed by atoms with Crippen LogP contribution in [0.5, 0.6) is 0 Å². The molecule has 0 spiro atoms. The fourth-order valence-electron chi connectivity index (χ4n) is 1.72. The Morgan fingerprint density at radius 2 is 1.87 bits per heavy atom. The van der Waals surface area contributed by atoms with Crippen molar-refractivity contribution in [2.75, 3.05) is 6.61 Å². The number of benzene rings is 2. The molecule has 0 bridgehead atoms. The van der Waals surface area contributed by atoms with E-state index in [1.807, 2.05) is 0 Å².